The van der Waals surface area contributed by atoms with Crippen molar-refractivity contribution in [3.63, 3.8) is 0 Å². The molecule has 4 N–H and O–H groups in total. The van der Waals surface area contributed by atoms with Crippen molar-refractivity contribution >= 4 is 5.97 Å². The normalized spacial score (nSPS) is 12.4. The number of hydrogen-bond acceptors (Lipinski definition) is 4. The number of hydrogen-bond donors (Lipinski definition) is 4. The highest BCUT2D eigenvalue weighted by Crippen LogP contribution is 2.33. The molecule has 1 unspecified atom stereocenters. The standard InChI is InChI=1S/C9H10O5/c10-5-2-1-3-6(11)9(5)7(12)4-8(13)14/h1-3,7,10-12H,4H2,(H,13,14). The summed E-state index contributed by atoms with van der Waals surface area (Å²) in [6.07, 6.45) is -1.97. The van der Waals surface area contributed by atoms with E-state index in [9.17, 15) is 20.1 Å². The van der Waals surface area contributed by atoms with Crippen molar-refractivity contribution in [2.75, 3.05) is 0 Å². The van der Waals surface area contributed by atoms with Crippen molar-refractivity contribution in [3.05, 3.63) is 23.8 Å². The van der Waals surface area contributed by atoms with Crippen LogP contribution < -0.4 is 0 Å². The first-order chi connectivity index (χ1) is 6.52. The summed E-state index contributed by atoms with van der Waals surface area (Å²) in [6, 6.07) is 3.92. The first-order valence-corrected chi connectivity index (χ1v) is 3.93. The van der Waals surface area contributed by atoms with E-state index in [-0.39, 0.29) is 17.1 Å². The van der Waals surface area contributed by atoms with Crippen LogP contribution in [-0.4, -0.2) is 26.4 Å². The van der Waals surface area contributed by atoms with Gasteiger partial charge in [-0.3, -0.25) is 4.79 Å². The fourth-order valence-corrected chi connectivity index (χ4v) is 1.15. The maximum atomic E-state index is 10.3. The van der Waals surface area contributed by atoms with Crippen LogP contribution in [0, 0.1) is 0 Å². The average Bonchev–Trinajstić information content (AvgIpc) is 2.01. The van der Waals surface area contributed by atoms with Crippen molar-refractivity contribution in [1.29, 1.82) is 0 Å². The molecule has 0 fully saturated rings. The molecule has 5 nitrogen and oxygen atoms in total. The summed E-state index contributed by atoms with van der Waals surface area (Å²) in [5, 5.41) is 36.3. The largest absolute Gasteiger partial charge is 0.507 e. The van der Waals surface area contributed by atoms with Crippen LogP contribution in [0.2, 0.25) is 0 Å². The highest BCUT2D eigenvalue weighted by atomic mass is 16.4. The zero-order chi connectivity index (χ0) is 10.7. The monoisotopic (exact) mass is 198 g/mol. The molecule has 1 atom stereocenters. The van der Waals surface area contributed by atoms with Crippen molar-refractivity contribution < 1.29 is 25.2 Å². The van der Waals surface area contributed by atoms with Crippen LogP contribution >= 0.6 is 0 Å². The van der Waals surface area contributed by atoms with Crippen LogP contribution in [0.4, 0.5) is 0 Å². The van der Waals surface area contributed by atoms with Gasteiger partial charge in [-0.2, -0.15) is 0 Å². The third-order valence-corrected chi connectivity index (χ3v) is 1.76. The molecule has 0 amide bonds. The van der Waals surface area contributed by atoms with Gasteiger partial charge in [-0.25, -0.2) is 0 Å². The Hall–Kier alpha value is -1.75. The number of carboxylic acids is 1. The lowest BCUT2D eigenvalue weighted by Gasteiger charge is -2.11. The first kappa shape index (κ1) is 10.3. The van der Waals surface area contributed by atoms with E-state index in [1.807, 2.05) is 0 Å². The van der Waals surface area contributed by atoms with Crippen LogP contribution in [0.1, 0.15) is 18.1 Å². The Morgan fingerprint density at radius 2 is 1.79 bits per heavy atom. The minimum atomic E-state index is -1.41. The number of carbonyl (C=O) groups is 1. The van der Waals surface area contributed by atoms with Gasteiger partial charge in [0.05, 0.1) is 18.1 Å². The predicted molar refractivity (Wildman–Crippen MR) is 47.0 cm³/mol. The van der Waals surface area contributed by atoms with E-state index in [1.165, 1.54) is 18.2 Å². The average molecular weight is 198 g/mol. The van der Waals surface area contributed by atoms with Crippen LogP contribution in [0.3, 0.4) is 0 Å². The van der Waals surface area contributed by atoms with Gasteiger partial charge in [-0.15, -0.1) is 0 Å². The number of carboxylic acid groups (broad SMARTS) is 1. The van der Waals surface area contributed by atoms with Crippen molar-refractivity contribution in [2.45, 2.75) is 12.5 Å². The van der Waals surface area contributed by atoms with Crippen LogP contribution in [0.5, 0.6) is 11.5 Å². The zero-order valence-electron chi connectivity index (χ0n) is 7.21. The van der Waals surface area contributed by atoms with Gasteiger partial charge < -0.3 is 20.4 Å². The maximum Gasteiger partial charge on any atom is 0.306 e. The number of aliphatic hydroxyl groups excluding tert-OH is 1. The second-order valence-electron chi connectivity index (χ2n) is 2.82. The fourth-order valence-electron chi connectivity index (χ4n) is 1.15. The summed E-state index contributed by atoms with van der Waals surface area (Å²) in [7, 11) is 0. The topological polar surface area (TPSA) is 98.0 Å². The lowest BCUT2D eigenvalue weighted by molar-refractivity contribution is -0.139. The molecule has 1 aromatic carbocycles. The quantitative estimate of drug-likeness (QED) is 0.570. The number of aliphatic carboxylic acids is 1. The molecule has 0 aromatic heterocycles. The molecule has 0 saturated carbocycles. The Balaban J connectivity index is 2.99. The summed E-state index contributed by atoms with van der Waals surface area (Å²) in [5.74, 6) is -1.85. The molecule has 1 aromatic rings. The maximum absolute atomic E-state index is 10.3. The molecule has 0 heterocycles. The number of phenolic OH excluding ortho intramolecular Hbond substituents is 2. The number of rotatable bonds is 3. The van der Waals surface area contributed by atoms with Crippen molar-refractivity contribution in [3.8, 4) is 11.5 Å². The Morgan fingerprint density at radius 3 is 2.21 bits per heavy atom. The Bertz CT molecular complexity index is 327. The van der Waals surface area contributed by atoms with Crippen LogP contribution in [0.15, 0.2) is 18.2 Å². The molecule has 0 spiro atoms. The summed E-state index contributed by atoms with van der Waals surface area (Å²) in [5.41, 5.74) is -0.157. The van der Waals surface area contributed by atoms with E-state index in [0.717, 1.165) is 0 Å². The highest BCUT2D eigenvalue weighted by Gasteiger charge is 2.19. The van der Waals surface area contributed by atoms with Gasteiger partial charge in [0.1, 0.15) is 11.5 Å². The molecule has 0 aliphatic heterocycles. The van der Waals surface area contributed by atoms with E-state index in [2.05, 4.69) is 0 Å². The molecule has 0 aliphatic carbocycles. The molecule has 0 saturated heterocycles. The molecule has 0 bridgehead atoms. The molecule has 1 rings (SSSR count). The lowest BCUT2D eigenvalue weighted by Crippen LogP contribution is -2.05. The predicted octanol–water partition coefficient (Wildman–Crippen LogP) is 0.606. The Labute approximate surface area is 79.9 Å². The summed E-state index contributed by atoms with van der Waals surface area (Å²) < 4.78 is 0. The Kier molecular flexibility index (Phi) is 2.93. The zero-order valence-corrected chi connectivity index (χ0v) is 7.21. The SMILES string of the molecule is O=C(O)CC(O)c1c(O)cccc1O. The van der Waals surface area contributed by atoms with Gasteiger partial charge in [-0.1, -0.05) is 6.07 Å². The molecule has 0 radical (unpaired) electrons. The van der Waals surface area contributed by atoms with Gasteiger partial charge in [0.25, 0.3) is 0 Å². The van der Waals surface area contributed by atoms with Gasteiger partial charge in [0.2, 0.25) is 0 Å². The first-order valence-electron chi connectivity index (χ1n) is 3.93. The van der Waals surface area contributed by atoms with E-state index in [0.29, 0.717) is 0 Å². The second kappa shape index (κ2) is 3.97. The minimum absolute atomic E-state index is 0.157. The summed E-state index contributed by atoms with van der Waals surface area (Å²) in [6.45, 7) is 0. The molecule has 5 heteroatoms. The second-order valence-corrected chi connectivity index (χ2v) is 2.82. The lowest BCUT2D eigenvalue weighted by atomic mass is 10.0. The van der Waals surface area contributed by atoms with E-state index < -0.39 is 18.5 Å². The van der Waals surface area contributed by atoms with Crippen molar-refractivity contribution in [2.24, 2.45) is 0 Å². The Morgan fingerprint density at radius 1 is 1.29 bits per heavy atom. The van der Waals surface area contributed by atoms with E-state index in [4.69, 9.17) is 5.11 Å². The third-order valence-electron chi connectivity index (χ3n) is 1.76. The van der Waals surface area contributed by atoms with Gasteiger partial charge in [0, 0.05) is 0 Å². The molecule has 14 heavy (non-hydrogen) atoms. The fraction of sp³-hybridized carbons (Fsp3) is 0.222. The summed E-state index contributed by atoms with van der Waals surface area (Å²) in [4.78, 5) is 10.3. The van der Waals surface area contributed by atoms with E-state index >= 15 is 0 Å². The van der Waals surface area contributed by atoms with Gasteiger partial charge in [-0.05, 0) is 12.1 Å². The van der Waals surface area contributed by atoms with Gasteiger partial charge in [0.15, 0.2) is 0 Å². The number of aromatic hydroxyl groups is 2. The van der Waals surface area contributed by atoms with Crippen molar-refractivity contribution in [1.82, 2.24) is 0 Å². The molecular formula is C9H10O5. The minimum Gasteiger partial charge on any atom is -0.507 e. The number of benzene rings is 1. The molecule has 0 aliphatic rings. The van der Waals surface area contributed by atoms with Gasteiger partial charge >= 0.3 is 5.97 Å². The van der Waals surface area contributed by atoms with E-state index in [1.54, 1.807) is 0 Å². The number of aliphatic hydroxyl groups is 1. The molecule has 76 valence electrons. The smallest absolute Gasteiger partial charge is 0.306 e. The summed E-state index contributed by atoms with van der Waals surface area (Å²) >= 11 is 0. The molecular weight excluding hydrogens is 188 g/mol. The van der Waals surface area contributed by atoms with Crippen LogP contribution in [-0.2, 0) is 4.79 Å². The third kappa shape index (κ3) is 2.14. The number of phenols is 2. The highest BCUT2D eigenvalue weighted by molar-refractivity contribution is 5.68. The van der Waals surface area contributed by atoms with Crippen LogP contribution in [0.25, 0.3) is 0 Å².